The van der Waals surface area contributed by atoms with Crippen molar-refractivity contribution < 1.29 is 0 Å². The van der Waals surface area contributed by atoms with E-state index in [1.54, 1.807) is 23.0 Å². The average molecular weight is 199 g/mol. The zero-order valence-corrected chi connectivity index (χ0v) is 8.47. The molecule has 74 valence electrons. The highest BCUT2D eigenvalue weighted by Gasteiger charge is 2.06. The first-order valence-corrected chi connectivity index (χ1v) is 4.47. The molecular weight excluding hydrogens is 190 g/mol. The Hall–Kier alpha value is -2.22. The Kier molecular flexibility index (Phi) is 2.18. The molecule has 0 aliphatic heterocycles. The van der Waals surface area contributed by atoms with Gasteiger partial charge in [0.25, 0.3) is 0 Å². The molecule has 0 amide bonds. The summed E-state index contributed by atoms with van der Waals surface area (Å²) >= 11 is 0. The van der Waals surface area contributed by atoms with Gasteiger partial charge in [0.1, 0.15) is 11.6 Å². The number of nitrogens with zero attached hydrogens (tertiary/aromatic N) is 5. The van der Waals surface area contributed by atoms with E-state index in [9.17, 15) is 0 Å². The first kappa shape index (κ1) is 9.34. The summed E-state index contributed by atoms with van der Waals surface area (Å²) in [7, 11) is 0. The lowest BCUT2D eigenvalue weighted by Crippen LogP contribution is -2.02. The second-order valence-corrected chi connectivity index (χ2v) is 3.13. The van der Waals surface area contributed by atoms with Crippen molar-refractivity contribution in [2.75, 3.05) is 0 Å². The third-order valence-corrected chi connectivity index (χ3v) is 1.97. The number of rotatable bonds is 1. The van der Waals surface area contributed by atoms with E-state index in [-0.39, 0.29) is 0 Å². The molecule has 0 radical (unpaired) electrons. The maximum absolute atomic E-state index is 8.76. The third-order valence-electron chi connectivity index (χ3n) is 1.97. The standard InChI is InChI=1S/C10H9N5/c1-7-13-8(2)15(14-7)10-5-9(6-11)3-4-12-10/h3-5H,1-2H3. The van der Waals surface area contributed by atoms with Gasteiger partial charge in [0.2, 0.25) is 0 Å². The first-order valence-electron chi connectivity index (χ1n) is 4.47. The highest BCUT2D eigenvalue weighted by molar-refractivity contribution is 5.35. The maximum atomic E-state index is 8.76. The van der Waals surface area contributed by atoms with Crippen molar-refractivity contribution in [3.05, 3.63) is 35.5 Å². The van der Waals surface area contributed by atoms with Gasteiger partial charge in [-0.3, -0.25) is 0 Å². The van der Waals surface area contributed by atoms with E-state index in [2.05, 4.69) is 21.1 Å². The number of aryl methyl sites for hydroxylation is 2. The fraction of sp³-hybridized carbons (Fsp3) is 0.200. The summed E-state index contributed by atoms with van der Waals surface area (Å²) in [5, 5.41) is 12.9. The van der Waals surface area contributed by atoms with Crippen molar-refractivity contribution >= 4 is 0 Å². The number of hydrogen-bond acceptors (Lipinski definition) is 4. The van der Waals surface area contributed by atoms with Gasteiger partial charge in [0.15, 0.2) is 5.82 Å². The highest BCUT2D eigenvalue weighted by Crippen LogP contribution is 2.07. The summed E-state index contributed by atoms with van der Waals surface area (Å²) in [6, 6.07) is 5.40. The monoisotopic (exact) mass is 199 g/mol. The van der Waals surface area contributed by atoms with E-state index >= 15 is 0 Å². The Morgan fingerprint density at radius 1 is 1.40 bits per heavy atom. The molecule has 0 aliphatic rings. The zero-order chi connectivity index (χ0) is 10.8. The van der Waals surface area contributed by atoms with E-state index in [1.807, 2.05) is 13.8 Å². The Bertz CT molecular complexity index is 535. The quantitative estimate of drug-likeness (QED) is 0.691. The third kappa shape index (κ3) is 1.70. The van der Waals surface area contributed by atoms with Gasteiger partial charge in [-0.25, -0.2) is 9.97 Å². The lowest BCUT2D eigenvalue weighted by Gasteiger charge is -2.00. The molecule has 5 nitrogen and oxygen atoms in total. The van der Waals surface area contributed by atoms with Gasteiger partial charge < -0.3 is 0 Å². The summed E-state index contributed by atoms with van der Waals surface area (Å²) in [5.74, 6) is 2.07. The van der Waals surface area contributed by atoms with E-state index in [0.717, 1.165) is 5.82 Å². The molecule has 0 N–H and O–H groups in total. The van der Waals surface area contributed by atoms with Crippen molar-refractivity contribution in [1.82, 2.24) is 19.7 Å². The molecule has 0 saturated carbocycles. The van der Waals surface area contributed by atoms with Gasteiger partial charge in [-0.15, -0.1) is 5.10 Å². The van der Waals surface area contributed by atoms with E-state index < -0.39 is 0 Å². The molecule has 2 heterocycles. The van der Waals surface area contributed by atoms with Crippen LogP contribution < -0.4 is 0 Å². The van der Waals surface area contributed by atoms with Gasteiger partial charge in [-0.2, -0.15) is 9.94 Å². The smallest absolute Gasteiger partial charge is 0.156 e. The Labute approximate surface area is 87.0 Å². The lowest BCUT2D eigenvalue weighted by atomic mass is 10.3. The fourth-order valence-electron chi connectivity index (χ4n) is 1.34. The maximum Gasteiger partial charge on any atom is 0.156 e. The molecule has 0 unspecified atom stereocenters. The molecular formula is C10H9N5. The molecule has 0 fully saturated rings. The van der Waals surface area contributed by atoms with Crippen molar-refractivity contribution in [2.24, 2.45) is 0 Å². The highest BCUT2D eigenvalue weighted by atomic mass is 15.4. The molecule has 15 heavy (non-hydrogen) atoms. The first-order chi connectivity index (χ1) is 7.20. The van der Waals surface area contributed by atoms with Gasteiger partial charge in [-0.1, -0.05) is 0 Å². The summed E-state index contributed by atoms with van der Waals surface area (Å²) < 4.78 is 1.62. The van der Waals surface area contributed by atoms with Crippen LogP contribution in [0.1, 0.15) is 17.2 Å². The predicted molar refractivity (Wildman–Crippen MR) is 53.3 cm³/mol. The van der Waals surface area contributed by atoms with Crippen LogP contribution in [0.2, 0.25) is 0 Å². The van der Waals surface area contributed by atoms with E-state index in [1.165, 1.54) is 0 Å². The van der Waals surface area contributed by atoms with Crippen LogP contribution in [0.3, 0.4) is 0 Å². The molecule has 0 saturated heterocycles. The van der Waals surface area contributed by atoms with Crippen molar-refractivity contribution in [2.45, 2.75) is 13.8 Å². The molecule has 5 heteroatoms. The van der Waals surface area contributed by atoms with Crippen LogP contribution in [0.25, 0.3) is 5.82 Å². The number of nitriles is 1. The fourth-order valence-corrected chi connectivity index (χ4v) is 1.34. The van der Waals surface area contributed by atoms with Crippen molar-refractivity contribution in [1.29, 1.82) is 5.26 Å². The van der Waals surface area contributed by atoms with Crippen LogP contribution in [0.5, 0.6) is 0 Å². The van der Waals surface area contributed by atoms with Gasteiger partial charge in [0, 0.05) is 12.3 Å². The van der Waals surface area contributed by atoms with Gasteiger partial charge in [0.05, 0.1) is 11.6 Å². The predicted octanol–water partition coefficient (Wildman–Crippen LogP) is 1.15. The van der Waals surface area contributed by atoms with Crippen LogP contribution in [0.15, 0.2) is 18.3 Å². The summed E-state index contributed by atoms with van der Waals surface area (Å²) in [6.45, 7) is 3.67. The normalized spacial score (nSPS) is 9.93. The van der Waals surface area contributed by atoms with Crippen molar-refractivity contribution in [3.63, 3.8) is 0 Å². The van der Waals surface area contributed by atoms with Crippen LogP contribution in [0, 0.1) is 25.2 Å². The largest absolute Gasteiger partial charge is 0.237 e. The van der Waals surface area contributed by atoms with E-state index in [4.69, 9.17) is 5.26 Å². The minimum atomic E-state index is 0.563. The lowest BCUT2D eigenvalue weighted by molar-refractivity contribution is 0.803. The topological polar surface area (TPSA) is 67.4 Å². The molecule has 2 aromatic heterocycles. The second kappa shape index (κ2) is 3.50. The molecule has 0 spiro atoms. The minimum absolute atomic E-state index is 0.563. The van der Waals surface area contributed by atoms with E-state index in [0.29, 0.717) is 17.2 Å². The minimum Gasteiger partial charge on any atom is -0.237 e. The van der Waals surface area contributed by atoms with Crippen LogP contribution in [0.4, 0.5) is 0 Å². The Morgan fingerprint density at radius 2 is 2.20 bits per heavy atom. The number of hydrogen-bond donors (Lipinski definition) is 0. The summed E-state index contributed by atoms with van der Waals surface area (Å²) in [6.07, 6.45) is 1.59. The Balaban J connectivity index is 2.55. The molecule has 0 bridgehead atoms. The number of pyridine rings is 1. The molecule has 0 atom stereocenters. The van der Waals surface area contributed by atoms with Gasteiger partial charge in [-0.05, 0) is 19.9 Å². The summed E-state index contributed by atoms with van der Waals surface area (Å²) in [5.41, 5.74) is 0.563. The molecule has 0 aliphatic carbocycles. The molecule has 2 rings (SSSR count). The Morgan fingerprint density at radius 3 is 2.80 bits per heavy atom. The molecule has 2 aromatic rings. The van der Waals surface area contributed by atoms with Crippen LogP contribution in [-0.2, 0) is 0 Å². The zero-order valence-electron chi connectivity index (χ0n) is 8.47. The number of aromatic nitrogens is 4. The van der Waals surface area contributed by atoms with Crippen LogP contribution >= 0.6 is 0 Å². The van der Waals surface area contributed by atoms with Gasteiger partial charge >= 0.3 is 0 Å². The van der Waals surface area contributed by atoms with Crippen molar-refractivity contribution in [3.8, 4) is 11.9 Å². The summed E-state index contributed by atoms with van der Waals surface area (Å²) in [4.78, 5) is 8.31. The average Bonchev–Trinajstić information content (AvgIpc) is 2.58. The second-order valence-electron chi connectivity index (χ2n) is 3.13. The molecule has 0 aromatic carbocycles. The SMILES string of the molecule is Cc1nc(C)n(-c2cc(C#N)ccn2)n1. The van der Waals surface area contributed by atoms with Crippen LogP contribution in [-0.4, -0.2) is 19.7 Å².